The van der Waals surface area contributed by atoms with E-state index in [0.717, 1.165) is 64.6 Å². The first-order valence-electron chi connectivity index (χ1n) is 10.3. The lowest BCUT2D eigenvalue weighted by molar-refractivity contribution is -0.137. The summed E-state index contributed by atoms with van der Waals surface area (Å²) in [5, 5.41) is 3.06. The van der Waals surface area contributed by atoms with Gasteiger partial charge in [-0.05, 0) is 37.4 Å². The first kappa shape index (κ1) is 21.1. The molecular weight excluding hydrogens is 367 g/mol. The molecule has 1 heterocycles. The summed E-state index contributed by atoms with van der Waals surface area (Å²) < 4.78 is 38.5. The van der Waals surface area contributed by atoms with Crippen LogP contribution in [0.4, 0.5) is 13.2 Å². The molecule has 0 aromatic heterocycles. The zero-order valence-electron chi connectivity index (χ0n) is 16.3. The Bertz CT molecular complexity index is 636. The molecule has 4 nitrogen and oxygen atoms in total. The molecule has 0 unspecified atom stereocenters. The van der Waals surface area contributed by atoms with E-state index in [9.17, 15) is 18.0 Å². The van der Waals surface area contributed by atoms with Gasteiger partial charge in [0.25, 0.3) is 0 Å². The van der Waals surface area contributed by atoms with Gasteiger partial charge in [0.05, 0.1) is 5.56 Å². The highest BCUT2D eigenvalue weighted by Gasteiger charge is 2.30. The Morgan fingerprint density at radius 1 is 1.07 bits per heavy atom. The van der Waals surface area contributed by atoms with Crippen LogP contribution in [-0.2, 0) is 17.5 Å². The molecule has 0 bridgehead atoms. The van der Waals surface area contributed by atoms with Crippen molar-refractivity contribution in [2.45, 2.75) is 44.8 Å². The van der Waals surface area contributed by atoms with E-state index in [2.05, 4.69) is 15.1 Å². The number of piperazine rings is 1. The van der Waals surface area contributed by atoms with Crippen LogP contribution in [0.25, 0.3) is 0 Å². The Labute approximate surface area is 165 Å². The minimum atomic E-state index is -4.29. The van der Waals surface area contributed by atoms with E-state index in [-0.39, 0.29) is 11.8 Å². The van der Waals surface area contributed by atoms with E-state index in [1.165, 1.54) is 25.0 Å². The third kappa shape index (κ3) is 6.21. The summed E-state index contributed by atoms with van der Waals surface area (Å²) in [6.45, 7) is 5.75. The van der Waals surface area contributed by atoms with Crippen molar-refractivity contribution >= 4 is 5.91 Å². The first-order valence-corrected chi connectivity index (χ1v) is 10.3. The number of amides is 1. The van der Waals surface area contributed by atoms with Crippen molar-refractivity contribution < 1.29 is 18.0 Å². The molecule has 0 radical (unpaired) electrons. The van der Waals surface area contributed by atoms with Crippen LogP contribution in [0, 0.1) is 5.92 Å². The molecule has 7 heteroatoms. The van der Waals surface area contributed by atoms with Gasteiger partial charge in [-0.25, -0.2) is 0 Å². The van der Waals surface area contributed by atoms with Crippen LogP contribution in [0.5, 0.6) is 0 Å². The van der Waals surface area contributed by atoms with Crippen LogP contribution in [0.1, 0.15) is 43.2 Å². The summed E-state index contributed by atoms with van der Waals surface area (Å²) in [7, 11) is 0. The lowest BCUT2D eigenvalue weighted by Crippen LogP contribution is -2.46. The number of alkyl halides is 3. The topological polar surface area (TPSA) is 35.6 Å². The number of rotatable bonds is 7. The first-order chi connectivity index (χ1) is 13.4. The standard InChI is InChI=1S/C21H30F3N3O/c22-21(23,24)19-8-3-5-17(15-19)16-27-13-11-26(12-14-27)10-4-9-25-20(28)18-6-1-2-7-18/h3,5,8,15,18H,1-2,4,6-7,9-14,16H2,(H,25,28). The maximum absolute atomic E-state index is 12.8. The maximum Gasteiger partial charge on any atom is 0.416 e. The minimum Gasteiger partial charge on any atom is -0.356 e. The number of benzene rings is 1. The van der Waals surface area contributed by atoms with Crippen molar-refractivity contribution in [2.75, 3.05) is 39.3 Å². The second-order valence-corrected chi connectivity index (χ2v) is 7.94. The van der Waals surface area contributed by atoms with Crippen molar-refractivity contribution in [3.05, 3.63) is 35.4 Å². The molecule has 2 fully saturated rings. The molecule has 0 atom stereocenters. The molecule has 1 aliphatic heterocycles. The van der Waals surface area contributed by atoms with Crippen molar-refractivity contribution in [3.8, 4) is 0 Å². The fourth-order valence-corrected chi connectivity index (χ4v) is 4.12. The third-order valence-electron chi connectivity index (χ3n) is 5.80. The molecule has 3 rings (SSSR count). The molecule has 1 N–H and O–H groups in total. The van der Waals surface area contributed by atoms with Crippen molar-refractivity contribution in [1.29, 1.82) is 0 Å². The van der Waals surface area contributed by atoms with Gasteiger partial charge in [0.1, 0.15) is 0 Å². The number of hydrogen-bond acceptors (Lipinski definition) is 3. The minimum absolute atomic E-state index is 0.211. The zero-order valence-corrected chi connectivity index (χ0v) is 16.3. The monoisotopic (exact) mass is 397 g/mol. The predicted molar refractivity (Wildman–Crippen MR) is 103 cm³/mol. The normalized spacial score (nSPS) is 19.8. The van der Waals surface area contributed by atoms with E-state index in [1.807, 2.05) is 0 Å². The van der Waals surface area contributed by atoms with Crippen molar-refractivity contribution in [3.63, 3.8) is 0 Å². The van der Waals surface area contributed by atoms with Gasteiger partial charge in [0.2, 0.25) is 5.91 Å². The fraction of sp³-hybridized carbons (Fsp3) is 0.667. The van der Waals surface area contributed by atoms with Crippen molar-refractivity contribution in [1.82, 2.24) is 15.1 Å². The van der Waals surface area contributed by atoms with E-state index in [0.29, 0.717) is 12.1 Å². The molecule has 0 spiro atoms. The Morgan fingerprint density at radius 2 is 1.75 bits per heavy atom. The number of nitrogens with zero attached hydrogens (tertiary/aromatic N) is 2. The summed E-state index contributed by atoms with van der Waals surface area (Å²) in [6.07, 6.45) is 1.04. The number of halogens is 3. The molecule has 1 aliphatic carbocycles. The molecule has 156 valence electrons. The Morgan fingerprint density at radius 3 is 2.43 bits per heavy atom. The van der Waals surface area contributed by atoms with Crippen LogP contribution >= 0.6 is 0 Å². The SMILES string of the molecule is O=C(NCCCN1CCN(Cc2cccc(C(F)(F)F)c2)CC1)C1CCCC1. The second kappa shape index (κ2) is 9.74. The highest BCUT2D eigenvalue weighted by atomic mass is 19.4. The van der Waals surface area contributed by atoms with E-state index in [4.69, 9.17) is 0 Å². The Balaban J connectivity index is 1.33. The van der Waals surface area contributed by atoms with Crippen LogP contribution in [0.3, 0.4) is 0 Å². The molecule has 1 aromatic rings. The number of hydrogen-bond donors (Lipinski definition) is 1. The average molecular weight is 397 g/mol. The van der Waals surface area contributed by atoms with Crippen LogP contribution in [0.2, 0.25) is 0 Å². The van der Waals surface area contributed by atoms with Crippen molar-refractivity contribution in [2.24, 2.45) is 5.92 Å². The van der Waals surface area contributed by atoms with Gasteiger partial charge < -0.3 is 10.2 Å². The summed E-state index contributed by atoms with van der Waals surface area (Å²) in [5.74, 6) is 0.433. The van der Waals surface area contributed by atoms with Crippen LogP contribution < -0.4 is 5.32 Å². The van der Waals surface area contributed by atoms with E-state index in [1.54, 1.807) is 6.07 Å². The van der Waals surface area contributed by atoms with Gasteiger partial charge in [-0.2, -0.15) is 13.2 Å². The Hall–Kier alpha value is -1.60. The quantitative estimate of drug-likeness (QED) is 0.715. The average Bonchev–Trinajstić information content (AvgIpc) is 3.21. The Kier molecular flexibility index (Phi) is 7.35. The molecule has 1 amide bonds. The summed E-state index contributed by atoms with van der Waals surface area (Å²) >= 11 is 0. The number of carbonyl (C=O) groups is 1. The largest absolute Gasteiger partial charge is 0.416 e. The van der Waals surface area contributed by atoms with Gasteiger partial charge >= 0.3 is 6.18 Å². The third-order valence-corrected chi connectivity index (χ3v) is 5.80. The predicted octanol–water partition coefficient (Wildman–Crippen LogP) is 3.52. The molecule has 1 saturated carbocycles. The fourth-order valence-electron chi connectivity index (χ4n) is 4.12. The second-order valence-electron chi connectivity index (χ2n) is 7.94. The zero-order chi connectivity index (χ0) is 20.0. The molecule has 1 aromatic carbocycles. The van der Waals surface area contributed by atoms with Gasteiger partial charge in [0, 0.05) is 45.2 Å². The molecule has 2 aliphatic rings. The molecule has 28 heavy (non-hydrogen) atoms. The van der Waals surface area contributed by atoms with E-state index >= 15 is 0 Å². The number of carbonyl (C=O) groups excluding carboxylic acids is 1. The number of nitrogens with one attached hydrogen (secondary N) is 1. The van der Waals surface area contributed by atoms with Gasteiger partial charge in [-0.3, -0.25) is 9.69 Å². The smallest absolute Gasteiger partial charge is 0.356 e. The highest BCUT2D eigenvalue weighted by molar-refractivity contribution is 5.78. The van der Waals surface area contributed by atoms with E-state index < -0.39 is 11.7 Å². The van der Waals surface area contributed by atoms with Gasteiger partial charge in [-0.15, -0.1) is 0 Å². The summed E-state index contributed by atoms with van der Waals surface area (Å²) in [6, 6.07) is 5.61. The van der Waals surface area contributed by atoms with Crippen LogP contribution in [0.15, 0.2) is 24.3 Å². The van der Waals surface area contributed by atoms with Crippen LogP contribution in [-0.4, -0.2) is 55.0 Å². The summed E-state index contributed by atoms with van der Waals surface area (Å²) in [5.41, 5.74) is 0.126. The highest BCUT2D eigenvalue weighted by Crippen LogP contribution is 2.29. The molecular formula is C21H30F3N3O. The van der Waals surface area contributed by atoms with Gasteiger partial charge in [-0.1, -0.05) is 31.0 Å². The van der Waals surface area contributed by atoms with Gasteiger partial charge in [0.15, 0.2) is 0 Å². The molecule has 1 saturated heterocycles. The lowest BCUT2D eigenvalue weighted by Gasteiger charge is -2.34. The maximum atomic E-state index is 12.8. The summed E-state index contributed by atoms with van der Waals surface area (Å²) in [4.78, 5) is 16.6. The lowest BCUT2D eigenvalue weighted by atomic mass is 10.1.